The highest BCUT2D eigenvalue weighted by molar-refractivity contribution is 9.10. The Kier molecular flexibility index (Phi) is 8.59. The summed E-state index contributed by atoms with van der Waals surface area (Å²) in [6.07, 6.45) is 4.13. The van der Waals surface area contributed by atoms with E-state index in [9.17, 15) is 0 Å². The van der Waals surface area contributed by atoms with E-state index in [0.29, 0.717) is 12.6 Å². The van der Waals surface area contributed by atoms with Gasteiger partial charge >= 0.3 is 0 Å². The second-order valence-electron chi connectivity index (χ2n) is 8.48. The zero-order valence-electron chi connectivity index (χ0n) is 18.7. The predicted molar refractivity (Wildman–Crippen MR) is 137 cm³/mol. The molecule has 32 heavy (non-hydrogen) atoms. The molecule has 2 fully saturated rings. The minimum atomic E-state index is 0.197. The second-order valence-corrected chi connectivity index (χ2v) is 10.5. The topological polar surface area (TPSA) is 85.8 Å². The number of likely N-dealkylation sites (tertiary alicyclic amines) is 1. The number of benzene rings is 1. The molecule has 3 heterocycles. The summed E-state index contributed by atoms with van der Waals surface area (Å²) in [5, 5.41) is 7.16. The smallest absolute Gasteiger partial charge is 0.292 e. The van der Waals surface area contributed by atoms with Crippen molar-refractivity contribution in [2.45, 2.75) is 25.4 Å². The SMILES string of the molecule is CN1CCC(NCCSN2CCN(c3ccc(Br)c(NCc4coc(N)n4)c3)CC2)CC1. The number of anilines is 3. The summed E-state index contributed by atoms with van der Waals surface area (Å²) in [5.41, 5.74) is 8.62. The van der Waals surface area contributed by atoms with Crippen molar-refractivity contribution in [3.05, 3.63) is 34.6 Å². The first-order valence-electron chi connectivity index (χ1n) is 11.3. The van der Waals surface area contributed by atoms with Crippen molar-refractivity contribution in [3.63, 3.8) is 0 Å². The normalized spacial score (nSPS) is 18.9. The molecule has 0 aliphatic carbocycles. The van der Waals surface area contributed by atoms with Crippen molar-refractivity contribution in [1.29, 1.82) is 0 Å². The van der Waals surface area contributed by atoms with Crippen LogP contribution in [0.4, 0.5) is 17.4 Å². The van der Waals surface area contributed by atoms with Crippen LogP contribution in [0.25, 0.3) is 0 Å². The average Bonchev–Trinajstić information content (AvgIpc) is 3.23. The third-order valence-corrected chi connectivity index (χ3v) is 7.92. The fourth-order valence-electron chi connectivity index (χ4n) is 4.16. The van der Waals surface area contributed by atoms with E-state index < -0.39 is 0 Å². The molecule has 8 nitrogen and oxygen atoms in total. The number of hydrogen-bond donors (Lipinski definition) is 3. The number of aromatic nitrogens is 1. The number of piperazine rings is 1. The van der Waals surface area contributed by atoms with Gasteiger partial charge in [-0.3, -0.25) is 0 Å². The summed E-state index contributed by atoms with van der Waals surface area (Å²) in [6, 6.07) is 7.37. The van der Waals surface area contributed by atoms with Crippen molar-refractivity contribution in [1.82, 2.24) is 19.5 Å². The molecule has 2 aromatic rings. The van der Waals surface area contributed by atoms with Gasteiger partial charge in [-0.2, -0.15) is 4.98 Å². The van der Waals surface area contributed by atoms with Gasteiger partial charge in [-0.15, -0.1) is 0 Å². The molecule has 2 aliphatic rings. The maximum atomic E-state index is 5.56. The molecule has 2 aliphatic heterocycles. The number of halogens is 1. The van der Waals surface area contributed by atoms with Crippen molar-refractivity contribution in [2.75, 3.05) is 74.6 Å². The van der Waals surface area contributed by atoms with Gasteiger partial charge in [-0.1, -0.05) is 11.9 Å². The number of rotatable bonds is 9. The largest absolute Gasteiger partial charge is 0.432 e. The van der Waals surface area contributed by atoms with Gasteiger partial charge in [0.05, 0.1) is 12.2 Å². The van der Waals surface area contributed by atoms with Crippen LogP contribution >= 0.6 is 27.9 Å². The summed E-state index contributed by atoms with van der Waals surface area (Å²) < 4.78 is 8.62. The Morgan fingerprint density at radius 2 is 1.97 bits per heavy atom. The zero-order valence-corrected chi connectivity index (χ0v) is 21.1. The number of oxazole rings is 1. The predicted octanol–water partition coefficient (Wildman–Crippen LogP) is 3.09. The van der Waals surface area contributed by atoms with Crippen molar-refractivity contribution in [2.24, 2.45) is 0 Å². The lowest BCUT2D eigenvalue weighted by Crippen LogP contribution is -2.44. The van der Waals surface area contributed by atoms with Gasteiger partial charge < -0.3 is 30.6 Å². The van der Waals surface area contributed by atoms with Crippen LogP contribution in [0.3, 0.4) is 0 Å². The second kappa shape index (κ2) is 11.6. The van der Waals surface area contributed by atoms with Crippen LogP contribution in [0.1, 0.15) is 18.5 Å². The highest BCUT2D eigenvalue weighted by Gasteiger charge is 2.19. The van der Waals surface area contributed by atoms with Crippen LogP contribution < -0.4 is 21.3 Å². The molecule has 0 saturated carbocycles. The van der Waals surface area contributed by atoms with Crippen molar-refractivity contribution >= 4 is 45.3 Å². The quantitative estimate of drug-likeness (QED) is 0.339. The van der Waals surface area contributed by atoms with Gasteiger partial charge in [0.25, 0.3) is 6.01 Å². The summed E-state index contributed by atoms with van der Waals surface area (Å²) in [6.45, 7) is 8.33. The highest BCUT2D eigenvalue weighted by atomic mass is 79.9. The minimum Gasteiger partial charge on any atom is -0.432 e. The average molecular weight is 525 g/mol. The van der Waals surface area contributed by atoms with Gasteiger partial charge in [-0.25, -0.2) is 4.31 Å². The number of piperidine rings is 1. The molecule has 10 heteroatoms. The Morgan fingerprint density at radius 1 is 1.19 bits per heavy atom. The molecular weight excluding hydrogens is 490 g/mol. The zero-order chi connectivity index (χ0) is 22.3. The van der Waals surface area contributed by atoms with E-state index in [4.69, 9.17) is 10.2 Å². The maximum Gasteiger partial charge on any atom is 0.292 e. The molecular formula is C22H34BrN7OS. The minimum absolute atomic E-state index is 0.197. The summed E-state index contributed by atoms with van der Waals surface area (Å²) in [7, 11) is 2.21. The highest BCUT2D eigenvalue weighted by Crippen LogP contribution is 2.29. The van der Waals surface area contributed by atoms with Gasteiger partial charge in [0.2, 0.25) is 0 Å². The van der Waals surface area contributed by atoms with E-state index in [1.54, 1.807) is 6.26 Å². The van der Waals surface area contributed by atoms with Gasteiger partial charge in [0.1, 0.15) is 12.0 Å². The number of nitrogens with zero attached hydrogens (tertiary/aromatic N) is 4. The Bertz CT molecular complexity index is 851. The molecule has 0 atom stereocenters. The van der Waals surface area contributed by atoms with E-state index in [2.05, 4.69) is 70.9 Å². The molecule has 0 unspecified atom stereocenters. The molecule has 1 aromatic carbocycles. The Labute approximate surface area is 203 Å². The number of nitrogen functional groups attached to an aromatic ring is 1. The lowest BCUT2D eigenvalue weighted by atomic mass is 10.1. The first-order valence-corrected chi connectivity index (χ1v) is 13.1. The molecule has 0 spiro atoms. The van der Waals surface area contributed by atoms with Crippen LogP contribution in [0.15, 0.2) is 33.4 Å². The molecule has 0 bridgehead atoms. The summed E-state index contributed by atoms with van der Waals surface area (Å²) in [4.78, 5) is 9.02. The van der Waals surface area contributed by atoms with E-state index in [1.165, 1.54) is 31.6 Å². The van der Waals surface area contributed by atoms with Crippen LogP contribution in [0, 0.1) is 0 Å². The fraction of sp³-hybridized carbons (Fsp3) is 0.591. The lowest BCUT2D eigenvalue weighted by Gasteiger charge is -2.36. The molecule has 0 radical (unpaired) electrons. The van der Waals surface area contributed by atoms with E-state index in [-0.39, 0.29) is 6.01 Å². The van der Waals surface area contributed by atoms with E-state index in [1.807, 2.05) is 11.9 Å². The summed E-state index contributed by atoms with van der Waals surface area (Å²) in [5.74, 6) is 1.14. The first-order chi connectivity index (χ1) is 15.6. The lowest BCUT2D eigenvalue weighted by molar-refractivity contribution is 0.236. The molecule has 176 valence electrons. The number of nitrogens with two attached hydrogens (primary N) is 1. The molecule has 4 N–H and O–H groups in total. The maximum absolute atomic E-state index is 5.56. The summed E-state index contributed by atoms with van der Waals surface area (Å²) >= 11 is 5.63. The van der Waals surface area contributed by atoms with E-state index >= 15 is 0 Å². The third kappa shape index (κ3) is 6.77. The first kappa shape index (κ1) is 23.7. The van der Waals surface area contributed by atoms with Crippen LogP contribution in [-0.2, 0) is 6.54 Å². The standard InChI is InChI=1S/C22H34BrN7OS/c1-28-7-4-17(5-8-28)25-6-13-32-30-11-9-29(10-12-30)19-2-3-20(23)21(14-19)26-15-18-16-31-22(24)27-18/h2-3,14,16-17,25-26H,4-13,15H2,1H3,(H2,24,27). The third-order valence-electron chi connectivity index (χ3n) is 6.11. The van der Waals surface area contributed by atoms with E-state index in [0.717, 1.165) is 54.3 Å². The van der Waals surface area contributed by atoms with Crippen LogP contribution in [0.2, 0.25) is 0 Å². The van der Waals surface area contributed by atoms with Gasteiger partial charge in [0.15, 0.2) is 0 Å². The van der Waals surface area contributed by atoms with Gasteiger partial charge in [-0.05, 0) is 67.1 Å². The Balaban J connectivity index is 1.18. The molecule has 2 saturated heterocycles. The number of nitrogens with one attached hydrogen (secondary N) is 2. The fourth-order valence-corrected chi connectivity index (χ4v) is 5.44. The Morgan fingerprint density at radius 3 is 2.69 bits per heavy atom. The van der Waals surface area contributed by atoms with Crippen molar-refractivity contribution in [3.8, 4) is 0 Å². The molecule has 0 amide bonds. The van der Waals surface area contributed by atoms with Crippen molar-refractivity contribution < 1.29 is 4.42 Å². The van der Waals surface area contributed by atoms with Gasteiger partial charge in [0, 0.05) is 54.7 Å². The molecule has 1 aromatic heterocycles. The number of hydrogen-bond acceptors (Lipinski definition) is 9. The van der Waals surface area contributed by atoms with Crippen LogP contribution in [0.5, 0.6) is 0 Å². The Hall–Kier alpha value is -1.46. The van der Waals surface area contributed by atoms with Crippen LogP contribution in [-0.4, -0.2) is 78.8 Å². The molecule has 4 rings (SSSR count). The monoisotopic (exact) mass is 523 g/mol.